The zero-order chi connectivity index (χ0) is 12.6. The number of aryl methyl sites for hydroxylation is 3. The third kappa shape index (κ3) is 1.71. The summed E-state index contributed by atoms with van der Waals surface area (Å²) in [6, 6.07) is 3.89. The largest absolute Gasteiger partial charge is 0.421 e. The molecule has 3 heteroatoms. The normalized spacial score (nSPS) is 11.0. The van der Waals surface area contributed by atoms with E-state index in [0.717, 1.165) is 23.8 Å². The van der Waals surface area contributed by atoms with Crippen molar-refractivity contribution >= 4 is 16.7 Å². The van der Waals surface area contributed by atoms with Crippen LogP contribution >= 0.6 is 0 Å². The van der Waals surface area contributed by atoms with Crippen LogP contribution in [0.4, 0.5) is 5.69 Å². The topological polar surface area (TPSA) is 56.2 Å². The van der Waals surface area contributed by atoms with Crippen LogP contribution in [0, 0.1) is 6.92 Å². The monoisotopic (exact) mass is 231 g/mol. The maximum atomic E-state index is 11.5. The molecule has 2 N–H and O–H groups in total. The first-order valence-corrected chi connectivity index (χ1v) is 5.93. The lowest BCUT2D eigenvalue weighted by Gasteiger charge is -2.12. The lowest BCUT2D eigenvalue weighted by Crippen LogP contribution is -2.10. The SMILES string of the molecule is CCc1ccc2oc(=O)c(N)c(C)c2c1CC. The van der Waals surface area contributed by atoms with Crippen molar-refractivity contribution in [2.45, 2.75) is 33.6 Å². The molecule has 0 bridgehead atoms. The predicted octanol–water partition coefficient (Wildman–Crippen LogP) is 2.81. The van der Waals surface area contributed by atoms with Gasteiger partial charge in [0.2, 0.25) is 0 Å². The molecule has 0 saturated carbocycles. The summed E-state index contributed by atoms with van der Waals surface area (Å²) < 4.78 is 5.23. The van der Waals surface area contributed by atoms with Crippen molar-refractivity contribution < 1.29 is 4.42 Å². The fourth-order valence-electron chi connectivity index (χ4n) is 2.34. The first-order valence-electron chi connectivity index (χ1n) is 5.93. The number of rotatable bonds is 2. The Morgan fingerprint density at radius 1 is 1.24 bits per heavy atom. The second-order valence-corrected chi connectivity index (χ2v) is 4.21. The van der Waals surface area contributed by atoms with Gasteiger partial charge in [0.05, 0.1) is 0 Å². The second kappa shape index (κ2) is 4.24. The van der Waals surface area contributed by atoms with E-state index in [1.165, 1.54) is 11.1 Å². The molecule has 3 nitrogen and oxygen atoms in total. The van der Waals surface area contributed by atoms with Crippen LogP contribution in [0.1, 0.15) is 30.5 Å². The van der Waals surface area contributed by atoms with E-state index in [0.29, 0.717) is 5.58 Å². The van der Waals surface area contributed by atoms with Gasteiger partial charge in [0, 0.05) is 5.39 Å². The summed E-state index contributed by atoms with van der Waals surface area (Å²) in [5.74, 6) is 0. The van der Waals surface area contributed by atoms with Gasteiger partial charge in [-0.2, -0.15) is 0 Å². The smallest absolute Gasteiger partial charge is 0.359 e. The predicted molar refractivity (Wildman–Crippen MR) is 70.4 cm³/mol. The molecular formula is C14H17NO2. The zero-order valence-corrected chi connectivity index (χ0v) is 10.5. The summed E-state index contributed by atoms with van der Waals surface area (Å²) in [5.41, 5.74) is 9.53. The molecule has 1 aromatic heterocycles. The summed E-state index contributed by atoms with van der Waals surface area (Å²) in [6.45, 7) is 6.11. The summed E-state index contributed by atoms with van der Waals surface area (Å²) in [5, 5.41) is 1.00. The van der Waals surface area contributed by atoms with Crippen molar-refractivity contribution in [1.82, 2.24) is 0 Å². The summed E-state index contributed by atoms with van der Waals surface area (Å²) in [6.07, 6.45) is 1.88. The Balaban J connectivity index is 2.98. The maximum Gasteiger partial charge on any atom is 0.359 e. The summed E-state index contributed by atoms with van der Waals surface area (Å²) in [4.78, 5) is 11.5. The molecule has 0 aliphatic rings. The van der Waals surface area contributed by atoms with Crippen LogP contribution in [-0.2, 0) is 12.8 Å². The highest BCUT2D eigenvalue weighted by Crippen LogP contribution is 2.27. The van der Waals surface area contributed by atoms with Crippen molar-refractivity contribution in [2.24, 2.45) is 0 Å². The van der Waals surface area contributed by atoms with Gasteiger partial charge in [-0.15, -0.1) is 0 Å². The molecule has 0 aliphatic carbocycles. The third-order valence-electron chi connectivity index (χ3n) is 3.31. The number of nitrogens with two attached hydrogens (primary N) is 1. The van der Waals surface area contributed by atoms with Crippen LogP contribution in [0.25, 0.3) is 11.0 Å². The van der Waals surface area contributed by atoms with Gasteiger partial charge in [-0.05, 0) is 42.5 Å². The lowest BCUT2D eigenvalue weighted by atomic mass is 9.95. The minimum atomic E-state index is -0.443. The highest BCUT2D eigenvalue weighted by atomic mass is 16.4. The Hall–Kier alpha value is -1.77. The standard InChI is InChI=1S/C14H17NO2/c1-4-9-6-7-11-12(10(9)5-2)8(3)13(15)14(16)17-11/h6-7H,4-5,15H2,1-3H3. The number of nitrogen functional groups attached to an aromatic ring is 1. The van der Waals surface area contributed by atoms with Crippen LogP contribution in [0.5, 0.6) is 0 Å². The average molecular weight is 231 g/mol. The minimum Gasteiger partial charge on any atom is -0.421 e. The lowest BCUT2D eigenvalue weighted by molar-refractivity contribution is 0.563. The van der Waals surface area contributed by atoms with E-state index in [-0.39, 0.29) is 5.69 Å². The fourth-order valence-corrected chi connectivity index (χ4v) is 2.34. The van der Waals surface area contributed by atoms with E-state index < -0.39 is 5.63 Å². The molecule has 0 fully saturated rings. The molecule has 0 unspecified atom stereocenters. The fraction of sp³-hybridized carbons (Fsp3) is 0.357. The van der Waals surface area contributed by atoms with Crippen LogP contribution in [-0.4, -0.2) is 0 Å². The van der Waals surface area contributed by atoms with Gasteiger partial charge in [-0.3, -0.25) is 0 Å². The Labute approximate surface area is 100 Å². The molecular weight excluding hydrogens is 214 g/mol. The van der Waals surface area contributed by atoms with E-state index >= 15 is 0 Å². The zero-order valence-electron chi connectivity index (χ0n) is 10.5. The van der Waals surface area contributed by atoms with E-state index in [2.05, 4.69) is 13.8 Å². The van der Waals surface area contributed by atoms with Gasteiger partial charge in [-0.25, -0.2) is 4.79 Å². The van der Waals surface area contributed by atoms with Crippen molar-refractivity contribution in [1.29, 1.82) is 0 Å². The van der Waals surface area contributed by atoms with Crippen molar-refractivity contribution in [2.75, 3.05) is 5.73 Å². The van der Waals surface area contributed by atoms with Gasteiger partial charge in [-0.1, -0.05) is 19.9 Å². The van der Waals surface area contributed by atoms with Crippen LogP contribution in [0.2, 0.25) is 0 Å². The van der Waals surface area contributed by atoms with E-state index in [4.69, 9.17) is 10.2 Å². The van der Waals surface area contributed by atoms with Crippen LogP contribution in [0.15, 0.2) is 21.3 Å². The highest BCUT2D eigenvalue weighted by molar-refractivity contribution is 5.88. The minimum absolute atomic E-state index is 0.223. The Morgan fingerprint density at radius 3 is 2.53 bits per heavy atom. The molecule has 2 rings (SSSR count). The molecule has 1 heterocycles. The van der Waals surface area contributed by atoms with Gasteiger partial charge in [0.25, 0.3) is 0 Å². The Morgan fingerprint density at radius 2 is 1.94 bits per heavy atom. The third-order valence-corrected chi connectivity index (χ3v) is 3.31. The van der Waals surface area contributed by atoms with Gasteiger partial charge >= 0.3 is 5.63 Å². The van der Waals surface area contributed by atoms with Crippen molar-refractivity contribution in [3.05, 3.63) is 39.2 Å². The maximum absolute atomic E-state index is 11.5. The van der Waals surface area contributed by atoms with Crippen molar-refractivity contribution in [3.8, 4) is 0 Å². The van der Waals surface area contributed by atoms with E-state index in [1.807, 2.05) is 19.1 Å². The molecule has 0 spiro atoms. The summed E-state index contributed by atoms with van der Waals surface area (Å²) >= 11 is 0. The number of fused-ring (bicyclic) bond motifs is 1. The molecule has 0 saturated heterocycles. The number of hydrogen-bond donors (Lipinski definition) is 1. The van der Waals surface area contributed by atoms with Crippen LogP contribution in [0.3, 0.4) is 0 Å². The molecule has 2 aromatic rings. The second-order valence-electron chi connectivity index (χ2n) is 4.21. The Kier molecular flexibility index (Phi) is 2.92. The molecule has 90 valence electrons. The van der Waals surface area contributed by atoms with E-state index in [9.17, 15) is 4.79 Å². The first-order chi connectivity index (χ1) is 8.10. The van der Waals surface area contributed by atoms with E-state index in [1.54, 1.807) is 0 Å². The molecule has 0 atom stereocenters. The molecule has 0 amide bonds. The molecule has 17 heavy (non-hydrogen) atoms. The van der Waals surface area contributed by atoms with Gasteiger partial charge in [0.1, 0.15) is 11.3 Å². The average Bonchev–Trinajstić information content (AvgIpc) is 2.34. The highest BCUT2D eigenvalue weighted by Gasteiger charge is 2.13. The van der Waals surface area contributed by atoms with Gasteiger partial charge in [0.15, 0.2) is 0 Å². The Bertz CT molecular complexity index is 626. The molecule has 0 aliphatic heterocycles. The summed E-state index contributed by atoms with van der Waals surface area (Å²) in [7, 11) is 0. The van der Waals surface area contributed by atoms with Crippen LogP contribution < -0.4 is 11.4 Å². The molecule has 1 aromatic carbocycles. The number of hydrogen-bond acceptors (Lipinski definition) is 3. The molecule has 0 radical (unpaired) electrons. The first kappa shape index (κ1) is 11.7. The number of benzene rings is 1. The van der Waals surface area contributed by atoms with Gasteiger partial charge < -0.3 is 10.2 Å². The van der Waals surface area contributed by atoms with Crippen molar-refractivity contribution in [3.63, 3.8) is 0 Å². The number of anilines is 1. The quantitative estimate of drug-likeness (QED) is 0.808.